The normalized spacial score (nSPS) is 16.8. The molecule has 0 heterocycles. The Bertz CT molecular complexity index is 590. The van der Waals surface area contributed by atoms with Gasteiger partial charge in [0.2, 0.25) is 0 Å². The summed E-state index contributed by atoms with van der Waals surface area (Å²) in [4.78, 5) is 0.470. The maximum Gasteiger partial charge on any atom is 0.0427 e. The van der Waals surface area contributed by atoms with Crippen LogP contribution in [0.15, 0.2) is 30.3 Å². The number of alkyl halides is 1. The molecule has 0 fully saturated rings. The van der Waals surface area contributed by atoms with E-state index in [9.17, 15) is 0 Å². The molecule has 0 nitrogen and oxygen atoms in total. The molecule has 0 radical (unpaired) electrons. The molecule has 0 aliphatic heterocycles. The Labute approximate surface area is 124 Å². The monoisotopic (exact) mass is 316 g/mol. The average molecular weight is 317 g/mol. The summed E-state index contributed by atoms with van der Waals surface area (Å²) in [6.07, 6.45) is 4.96. The van der Waals surface area contributed by atoms with Gasteiger partial charge in [0.25, 0.3) is 0 Å². The predicted octanol–water partition coefficient (Wildman–Crippen LogP) is 5.81. The van der Waals surface area contributed by atoms with Crippen molar-refractivity contribution < 1.29 is 0 Å². The Morgan fingerprint density at radius 3 is 2.58 bits per heavy atom. The van der Waals surface area contributed by atoms with Crippen LogP contribution in [0.25, 0.3) is 10.8 Å². The lowest BCUT2D eigenvalue weighted by molar-refractivity contribution is 0.520. The summed E-state index contributed by atoms with van der Waals surface area (Å²) in [6.45, 7) is 4.62. The van der Waals surface area contributed by atoms with Gasteiger partial charge in [0, 0.05) is 4.83 Å². The van der Waals surface area contributed by atoms with Crippen molar-refractivity contribution in [3.63, 3.8) is 0 Å². The van der Waals surface area contributed by atoms with Crippen molar-refractivity contribution in [2.45, 2.75) is 44.4 Å². The molecule has 0 aromatic heterocycles. The van der Waals surface area contributed by atoms with Crippen molar-refractivity contribution in [2.24, 2.45) is 5.92 Å². The van der Waals surface area contributed by atoms with Gasteiger partial charge in [0.1, 0.15) is 0 Å². The maximum absolute atomic E-state index is 3.94. The van der Waals surface area contributed by atoms with E-state index in [0.717, 1.165) is 0 Å². The lowest BCUT2D eigenvalue weighted by Gasteiger charge is -2.20. The minimum atomic E-state index is 0.470. The summed E-state index contributed by atoms with van der Waals surface area (Å²) in [5.74, 6) is 0.684. The van der Waals surface area contributed by atoms with Crippen LogP contribution in [0.5, 0.6) is 0 Å². The number of hydrogen-bond acceptors (Lipinski definition) is 0. The van der Waals surface area contributed by atoms with Crippen molar-refractivity contribution in [2.75, 3.05) is 0 Å². The molecule has 0 amide bonds. The molecule has 0 bridgehead atoms. The molecule has 1 heteroatoms. The van der Waals surface area contributed by atoms with Crippen molar-refractivity contribution >= 4 is 26.7 Å². The summed E-state index contributed by atoms with van der Waals surface area (Å²) in [5.41, 5.74) is 4.55. The highest BCUT2D eigenvalue weighted by Crippen LogP contribution is 2.41. The van der Waals surface area contributed by atoms with Crippen LogP contribution in [0.1, 0.15) is 48.2 Å². The minimum absolute atomic E-state index is 0.470. The van der Waals surface area contributed by atoms with Crippen LogP contribution >= 0.6 is 15.9 Å². The lowest BCUT2D eigenvalue weighted by atomic mass is 9.91. The molecule has 19 heavy (non-hydrogen) atoms. The SMILES string of the molecule is CCCC(C)C(Br)c1ccc2c3c(cccc13)CC2. The largest absolute Gasteiger partial charge is 0.0836 e. The quantitative estimate of drug-likeness (QED) is 0.624. The minimum Gasteiger partial charge on any atom is -0.0836 e. The molecule has 2 atom stereocenters. The fraction of sp³-hybridized carbons (Fsp3) is 0.444. The van der Waals surface area contributed by atoms with Gasteiger partial charge < -0.3 is 0 Å². The number of benzene rings is 2. The van der Waals surface area contributed by atoms with E-state index < -0.39 is 0 Å². The Morgan fingerprint density at radius 2 is 1.84 bits per heavy atom. The van der Waals surface area contributed by atoms with E-state index in [1.807, 2.05) is 0 Å². The maximum atomic E-state index is 3.94. The highest BCUT2D eigenvalue weighted by molar-refractivity contribution is 9.09. The van der Waals surface area contributed by atoms with Gasteiger partial charge in [0.05, 0.1) is 0 Å². The van der Waals surface area contributed by atoms with E-state index in [1.54, 1.807) is 0 Å². The fourth-order valence-electron chi connectivity index (χ4n) is 3.42. The van der Waals surface area contributed by atoms with Crippen molar-refractivity contribution in [1.82, 2.24) is 0 Å². The van der Waals surface area contributed by atoms with E-state index in [-0.39, 0.29) is 0 Å². The molecule has 0 saturated heterocycles. The van der Waals surface area contributed by atoms with E-state index >= 15 is 0 Å². The zero-order valence-electron chi connectivity index (χ0n) is 11.7. The number of halogens is 1. The van der Waals surface area contributed by atoms with Crippen molar-refractivity contribution in [3.8, 4) is 0 Å². The molecular formula is C18H21Br. The Kier molecular flexibility index (Phi) is 3.66. The molecule has 1 aliphatic rings. The number of hydrogen-bond donors (Lipinski definition) is 0. The molecule has 100 valence electrons. The van der Waals surface area contributed by atoms with Crippen LogP contribution in [0, 0.1) is 5.92 Å². The molecule has 0 saturated carbocycles. The van der Waals surface area contributed by atoms with Crippen LogP contribution in [-0.2, 0) is 12.8 Å². The third kappa shape index (κ3) is 2.23. The summed E-state index contributed by atoms with van der Waals surface area (Å²) < 4.78 is 0. The fourth-order valence-corrected chi connectivity index (χ4v) is 4.08. The molecule has 1 aliphatic carbocycles. The van der Waals surface area contributed by atoms with Gasteiger partial charge in [-0.15, -0.1) is 0 Å². The van der Waals surface area contributed by atoms with Crippen LogP contribution < -0.4 is 0 Å². The van der Waals surface area contributed by atoms with Crippen molar-refractivity contribution in [1.29, 1.82) is 0 Å². The van der Waals surface area contributed by atoms with Gasteiger partial charge >= 0.3 is 0 Å². The average Bonchev–Trinajstić information content (AvgIpc) is 2.84. The predicted molar refractivity (Wildman–Crippen MR) is 87.1 cm³/mol. The molecular weight excluding hydrogens is 296 g/mol. The second kappa shape index (κ2) is 5.28. The molecule has 3 rings (SSSR count). The Morgan fingerprint density at radius 1 is 1.11 bits per heavy atom. The summed E-state index contributed by atoms with van der Waals surface area (Å²) >= 11 is 3.94. The number of rotatable bonds is 4. The standard InChI is InChI=1S/C18H21Br/c1-3-5-12(2)18(19)16-11-10-14-9-8-13-6-4-7-15(16)17(13)14/h4,6-7,10-12,18H,3,5,8-9H2,1-2H3. The molecule has 2 unspecified atom stereocenters. The first-order valence-corrected chi connectivity index (χ1v) is 8.31. The first kappa shape index (κ1) is 13.2. The van der Waals surface area contributed by atoms with Gasteiger partial charge in [-0.05, 0) is 52.6 Å². The molecule has 0 spiro atoms. The molecule has 2 aromatic carbocycles. The highest BCUT2D eigenvalue weighted by atomic mass is 79.9. The third-order valence-electron chi connectivity index (χ3n) is 4.45. The zero-order chi connectivity index (χ0) is 13.4. The molecule has 0 N–H and O–H groups in total. The van der Waals surface area contributed by atoms with Gasteiger partial charge in [-0.1, -0.05) is 66.5 Å². The van der Waals surface area contributed by atoms with Crippen LogP contribution in [-0.4, -0.2) is 0 Å². The third-order valence-corrected chi connectivity index (χ3v) is 5.85. The van der Waals surface area contributed by atoms with Crippen molar-refractivity contribution in [3.05, 3.63) is 47.0 Å². The van der Waals surface area contributed by atoms with E-state index in [2.05, 4.69) is 60.1 Å². The second-order valence-corrected chi connectivity index (χ2v) is 6.81. The summed E-state index contributed by atoms with van der Waals surface area (Å²) in [5, 5.41) is 3.01. The van der Waals surface area contributed by atoms with E-state index in [4.69, 9.17) is 0 Å². The van der Waals surface area contributed by atoms with Gasteiger partial charge in [0.15, 0.2) is 0 Å². The topological polar surface area (TPSA) is 0 Å². The van der Waals surface area contributed by atoms with Crippen LogP contribution in [0.4, 0.5) is 0 Å². The summed E-state index contributed by atoms with van der Waals surface area (Å²) in [6, 6.07) is 11.5. The van der Waals surface area contributed by atoms with Gasteiger partial charge in [-0.3, -0.25) is 0 Å². The first-order valence-electron chi connectivity index (χ1n) is 7.39. The Hall–Kier alpha value is -0.820. The van der Waals surface area contributed by atoms with E-state index in [1.165, 1.54) is 53.1 Å². The Balaban J connectivity index is 2.11. The zero-order valence-corrected chi connectivity index (χ0v) is 13.3. The molecule has 2 aromatic rings. The van der Waals surface area contributed by atoms with E-state index in [0.29, 0.717) is 10.7 Å². The second-order valence-electron chi connectivity index (χ2n) is 5.82. The van der Waals surface area contributed by atoms with Crippen LogP contribution in [0.3, 0.4) is 0 Å². The van der Waals surface area contributed by atoms with Gasteiger partial charge in [-0.2, -0.15) is 0 Å². The van der Waals surface area contributed by atoms with Crippen LogP contribution in [0.2, 0.25) is 0 Å². The summed E-state index contributed by atoms with van der Waals surface area (Å²) in [7, 11) is 0. The number of aryl methyl sites for hydroxylation is 2. The highest BCUT2D eigenvalue weighted by Gasteiger charge is 2.21. The van der Waals surface area contributed by atoms with Gasteiger partial charge in [-0.25, -0.2) is 0 Å². The first-order chi connectivity index (χ1) is 9.22. The lowest BCUT2D eigenvalue weighted by Crippen LogP contribution is -2.04. The smallest absolute Gasteiger partial charge is 0.0427 e.